The number of nitrogens with zero attached hydrogens (tertiary/aromatic N) is 3. The average molecular weight is 274 g/mol. The van der Waals surface area contributed by atoms with Crippen LogP contribution in [0.1, 0.15) is 30.6 Å². The van der Waals surface area contributed by atoms with E-state index >= 15 is 0 Å². The summed E-state index contributed by atoms with van der Waals surface area (Å²) in [6.45, 7) is 3.12. The van der Waals surface area contributed by atoms with Crippen LogP contribution >= 0.6 is 0 Å². The molecule has 0 spiro atoms. The third-order valence-corrected chi connectivity index (χ3v) is 3.23. The quantitative estimate of drug-likeness (QED) is 0.840. The first-order chi connectivity index (χ1) is 9.74. The van der Waals surface area contributed by atoms with Gasteiger partial charge in [-0.25, -0.2) is 0 Å². The van der Waals surface area contributed by atoms with Crippen LogP contribution in [-0.2, 0) is 13.5 Å². The standard InChI is InChI=1S/C15H22N4O/c1-4-7-17-14(10-12-6-9-19(2)18-12)13-5-8-16-11-15(13)20-3/h5-6,8-9,11,14,17H,4,7,10H2,1-3H3. The molecule has 0 aliphatic heterocycles. The largest absolute Gasteiger partial charge is 0.495 e. The summed E-state index contributed by atoms with van der Waals surface area (Å²) in [5, 5.41) is 8.02. The Morgan fingerprint density at radius 2 is 2.25 bits per heavy atom. The van der Waals surface area contributed by atoms with Gasteiger partial charge in [-0.1, -0.05) is 6.92 Å². The summed E-state index contributed by atoms with van der Waals surface area (Å²) in [4.78, 5) is 4.12. The zero-order valence-corrected chi connectivity index (χ0v) is 12.3. The van der Waals surface area contributed by atoms with Gasteiger partial charge in [0, 0.05) is 37.5 Å². The molecule has 20 heavy (non-hydrogen) atoms. The Labute approximate surface area is 120 Å². The van der Waals surface area contributed by atoms with Crippen molar-refractivity contribution in [2.75, 3.05) is 13.7 Å². The van der Waals surface area contributed by atoms with Gasteiger partial charge in [-0.3, -0.25) is 9.67 Å². The van der Waals surface area contributed by atoms with Crippen LogP contribution in [0.25, 0.3) is 0 Å². The normalized spacial score (nSPS) is 12.3. The maximum absolute atomic E-state index is 5.42. The predicted octanol–water partition coefficient (Wildman–Crippen LogP) is 2.11. The van der Waals surface area contributed by atoms with Crippen LogP contribution in [0.4, 0.5) is 0 Å². The fourth-order valence-electron chi connectivity index (χ4n) is 2.24. The van der Waals surface area contributed by atoms with E-state index in [4.69, 9.17) is 4.74 Å². The lowest BCUT2D eigenvalue weighted by molar-refractivity contribution is 0.395. The number of pyridine rings is 1. The van der Waals surface area contributed by atoms with E-state index in [9.17, 15) is 0 Å². The molecule has 2 aromatic heterocycles. The Hall–Kier alpha value is -1.88. The molecule has 2 rings (SSSR count). The molecule has 0 fully saturated rings. The topological polar surface area (TPSA) is 52.0 Å². The number of methoxy groups -OCH3 is 1. The van der Waals surface area contributed by atoms with E-state index in [2.05, 4.69) is 22.3 Å². The fraction of sp³-hybridized carbons (Fsp3) is 0.467. The molecule has 0 saturated carbocycles. The van der Waals surface area contributed by atoms with Crippen molar-refractivity contribution in [2.45, 2.75) is 25.8 Å². The van der Waals surface area contributed by atoms with Gasteiger partial charge in [-0.2, -0.15) is 5.10 Å². The van der Waals surface area contributed by atoms with Gasteiger partial charge in [0.15, 0.2) is 0 Å². The first-order valence-electron chi connectivity index (χ1n) is 6.94. The fourth-order valence-corrected chi connectivity index (χ4v) is 2.24. The second-order valence-electron chi connectivity index (χ2n) is 4.81. The molecule has 2 heterocycles. The van der Waals surface area contributed by atoms with Crippen LogP contribution in [0.2, 0.25) is 0 Å². The lowest BCUT2D eigenvalue weighted by Crippen LogP contribution is -2.25. The summed E-state index contributed by atoms with van der Waals surface area (Å²) in [7, 11) is 3.61. The summed E-state index contributed by atoms with van der Waals surface area (Å²) in [6.07, 6.45) is 7.45. The van der Waals surface area contributed by atoms with E-state index in [0.717, 1.165) is 36.4 Å². The molecule has 1 unspecified atom stereocenters. The van der Waals surface area contributed by atoms with E-state index in [1.165, 1.54) is 0 Å². The van der Waals surface area contributed by atoms with Crippen molar-refractivity contribution in [3.05, 3.63) is 42.0 Å². The van der Waals surface area contributed by atoms with Gasteiger partial charge in [-0.05, 0) is 25.1 Å². The van der Waals surface area contributed by atoms with E-state index < -0.39 is 0 Å². The van der Waals surface area contributed by atoms with Crippen molar-refractivity contribution < 1.29 is 4.74 Å². The summed E-state index contributed by atoms with van der Waals surface area (Å²) in [6, 6.07) is 4.24. The Bertz CT molecular complexity index is 538. The first-order valence-corrected chi connectivity index (χ1v) is 6.94. The second kappa shape index (κ2) is 7.05. The zero-order chi connectivity index (χ0) is 14.4. The Kier molecular flexibility index (Phi) is 5.12. The van der Waals surface area contributed by atoms with Crippen molar-refractivity contribution in [1.82, 2.24) is 20.1 Å². The van der Waals surface area contributed by atoms with Gasteiger partial charge < -0.3 is 10.1 Å². The van der Waals surface area contributed by atoms with Crippen LogP contribution in [0, 0.1) is 0 Å². The molecule has 5 heteroatoms. The maximum atomic E-state index is 5.42. The van der Waals surface area contributed by atoms with E-state index in [0.29, 0.717) is 0 Å². The molecule has 0 bridgehead atoms. The summed E-state index contributed by atoms with van der Waals surface area (Å²) < 4.78 is 7.25. The van der Waals surface area contributed by atoms with Crippen LogP contribution in [0.5, 0.6) is 5.75 Å². The predicted molar refractivity (Wildman–Crippen MR) is 78.7 cm³/mol. The molecule has 0 aromatic carbocycles. The smallest absolute Gasteiger partial charge is 0.141 e. The van der Waals surface area contributed by atoms with Crippen molar-refractivity contribution >= 4 is 0 Å². The van der Waals surface area contributed by atoms with Crippen LogP contribution in [-0.4, -0.2) is 28.4 Å². The van der Waals surface area contributed by atoms with Crippen LogP contribution < -0.4 is 10.1 Å². The first kappa shape index (κ1) is 14.5. The SMILES string of the molecule is CCCNC(Cc1ccn(C)n1)c1ccncc1OC. The summed E-state index contributed by atoms with van der Waals surface area (Å²) >= 11 is 0. The van der Waals surface area contributed by atoms with E-state index in [-0.39, 0.29) is 6.04 Å². The molecule has 0 amide bonds. The number of aromatic nitrogens is 3. The van der Waals surface area contributed by atoms with E-state index in [1.54, 1.807) is 19.5 Å². The van der Waals surface area contributed by atoms with Crippen molar-refractivity contribution in [3.8, 4) is 5.75 Å². The highest BCUT2D eigenvalue weighted by Gasteiger charge is 2.17. The number of hydrogen-bond acceptors (Lipinski definition) is 4. The molecule has 0 aliphatic carbocycles. The molecular formula is C15H22N4O. The number of nitrogens with one attached hydrogen (secondary N) is 1. The molecule has 108 valence electrons. The van der Waals surface area contributed by atoms with Crippen molar-refractivity contribution in [1.29, 1.82) is 0 Å². The zero-order valence-electron chi connectivity index (χ0n) is 12.3. The maximum Gasteiger partial charge on any atom is 0.141 e. The highest BCUT2D eigenvalue weighted by molar-refractivity contribution is 5.33. The monoisotopic (exact) mass is 274 g/mol. The van der Waals surface area contributed by atoms with Gasteiger partial charge >= 0.3 is 0 Å². The van der Waals surface area contributed by atoms with Crippen LogP contribution in [0.15, 0.2) is 30.7 Å². The van der Waals surface area contributed by atoms with Crippen molar-refractivity contribution in [3.63, 3.8) is 0 Å². The third kappa shape index (κ3) is 3.57. The molecule has 1 atom stereocenters. The number of aryl methyl sites for hydroxylation is 1. The van der Waals surface area contributed by atoms with Gasteiger partial charge in [0.2, 0.25) is 0 Å². The van der Waals surface area contributed by atoms with Crippen molar-refractivity contribution in [2.24, 2.45) is 7.05 Å². The lowest BCUT2D eigenvalue weighted by atomic mass is 10.0. The highest BCUT2D eigenvalue weighted by Crippen LogP contribution is 2.26. The Morgan fingerprint density at radius 1 is 1.40 bits per heavy atom. The minimum Gasteiger partial charge on any atom is -0.495 e. The summed E-state index contributed by atoms with van der Waals surface area (Å²) in [5.74, 6) is 0.817. The van der Waals surface area contributed by atoms with E-state index in [1.807, 2.05) is 30.1 Å². The molecule has 0 aliphatic rings. The van der Waals surface area contributed by atoms with Gasteiger partial charge in [-0.15, -0.1) is 0 Å². The minimum atomic E-state index is 0.183. The highest BCUT2D eigenvalue weighted by atomic mass is 16.5. The molecule has 0 radical (unpaired) electrons. The lowest BCUT2D eigenvalue weighted by Gasteiger charge is -2.20. The van der Waals surface area contributed by atoms with Gasteiger partial charge in [0.05, 0.1) is 19.0 Å². The molecule has 2 aromatic rings. The minimum absolute atomic E-state index is 0.183. The summed E-state index contributed by atoms with van der Waals surface area (Å²) in [5.41, 5.74) is 2.20. The van der Waals surface area contributed by atoms with Crippen LogP contribution in [0.3, 0.4) is 0 Å². The van der Waals surface area contributed by atoms with Gasteiger partial charge in [0.25, 0.3) is 0 Å². The molecule has 1 N–H and O–H groups in total. The molecule has 5 nitrogen and oxygen atoms in total. The average Bonchev–Trinajstić information content (AvgIpc) is 2.88. The molecular weight excluding hydrogens is 252 g/mol. The number of ether oxygens (including phenoxy) is 1. The Morgan fingerprint density at radius 3 is 2.90 bits per heavy atom. The Balaban J connectivity index is 2.22. The number of hydrogen-bond donors (Lipinski definition) is 1. The van der Waals surface area contributed by atoms with Gasteiger partial charge in [0.1, 0.15) is 5.75 Å². The third-order valence-electron chi connectivity index (χ3n) is 3.23. The number of rotatable bonds is 7. The molecule has 0 saturated heterocycles. The second-order valence-corrected chi connectivity index (χ2v) is 4.81.